The molecule has 2 atom stereocenters. The Morgan fingerprint density at radius 1 is 1.22 bits per heavy atom. The molecule has 0 saturated heterocycles. The third kappa shape index (κ3) is 4.08. The van der Waals surface area contributed by atoms with Crippen molar-refractivity contribution in [3.8, 4) is 5.88 Å². The summed E-state index contributed by atoms with van der Waals surface area (Å²) in [5, 5.41) is 4.41. The number of carbonyl (C=O) groups excluding carboxylic acids is 2. The number of halogens is 1. The summed E-state index contributed by atoms with van der Waals surface area (Å²) in [6.07, 6.45) is 0.553. The number of amides is 2. The molecule has 8 heteroatoms. The first kappa shape index (κ1) is 21.9. The van der Waals surface area contributed by atoms with E-state index in [4.69, 9.17) is 20.9 Å². The van der Waals surface area contributed by atoms with Crippen LogP contribution in [0.3, 0.4) is 0 Å². The largest absolute Gasteiger partial charge is 0.476 e. The quantitative estimate of drug-likeness (QED) is 0.526. The van der Waals surface area contributed by atoms with Crippen LogP contribution in [0.4, 0.5) is 11.4 Å². The first-order chi connectivity index (χ1) is 15.4. The van der Waals surface area contributed by atoms with Crippen LogP contribution >= 0.6 is 11.6 Å². The molecule has 1 aliphatic rings. The van der Waals surface area contributed by atoms with E-state index in [0.717, 1.165) is 16.9 Å². The zero-order valence-electron chi connectivity index (χ0n) is 18.1. The van der Waals surface area contributed by atoms with E-state index >= 15 is 0 Å². The molecule has 1 aromatic heterocycles. The molecule has 0 bridgehead atoms. The second-order valence-corrected chi connectivity index (χ2v) is 8.10. The highest BCUT2D eigenvalue weighted by Crippen LogP contribution is 2.43. The Kier molecular flexibility index (Phi) is 6.19. The lowest BCUT2D eigenvalue weighted by Gasteiger charge is -2.43. The number of nitrogens with zero attached hydrogens (tertiary/aromatic N) is 3. The maximum Gasteiger partial charge on any atom is 0.297 e. The molecule has 4 rings (SSSR count). The Labute approximate surface area is 191 Å². The molecule has 2 aromatic carbocycles. The van der Waals surface area contributed by atoms with Gasteiger partial charge in [0.2, 0.25) is 11.7 Å². The van der Waals surface area contributed by atoms with E-state index in [2.05, 4.69) is 5.16 Å². The van der Waals surface area contributed by atoms with E-state index in [-0.39, 0.29) is 35.5 Å². The molecule has 0 saturated carbocycles. The molecular formula is C24H24ClN3O4. The van der Waals surface area contributed by atoms with Gasteiger partial charge in [-0.3, -0.25) is 9.59 Å². The van der Waals surface area contributed by atoms with Crippen molar-refractivity contribution in [2.45, 2.75) is 39.3 Å². The van der Waals surface area contributed by atoms with E-state index in [0.29, 0.717) is 18.1 Å². The summed E-state index contributed by atoms with van der Waals surface area (Å²) in [5.74, 6) is -0.00902. The molecule has 2 amide bonds. The SMILES string of the molecule is CCOc1cc(C(=O)N2c3ccccc3[C@H](N(C(C)=O)c3ccc(Cl)cc3)C[C@@H]2C)on1. The molecule has 0 radical (unpaired) electrons. The van der Waals surface area contributed by atoms with Gasteiger partial charge in [0.05, 0.1) is 18.7 Å². The molecule has 2 heterocycles. The summed E-state index contributed by atoms with van der Waals surface area (Å²) < 4.78 is 10.6. The minimum atomic E-state index is -0.303. The summed E-state index contributed by atoms with van der Waals surface area (Å²) in [5.41, 5.74) is 2.37. The van der Waals surface area contributed by atoms with Crippen molar-refractivity contribution >= 4 is 34.8 Å². The van der Waals surface area contributed by atoms with Crippen molar-refractivity contribution in [3.05, 3.63) is 70.9 Å². The lowest BCUT2D eigenvalue weighted by Crippen LogP contribution is -2.47. The number of hydrogen-bond acceptors (Lipinski definition) is 5. The van der Waals surface area contributed by atoms with Crippen molar-refractivity contribution in [1.29, 1.82) is 0 Å². The lowest BCUT2D eigenvalue weighted by molar-refractivity contribution is -0.117. The van der Waals surface area contributed by atoms with Crippen molar-refractivity contribution in [1.82, 2.24) is 5.16 Å². The number of para-hydroxylation sites is 1. The van der Waals surface area contributed by atoms with Crippen LogP contribution in [0.1, 0.15) is 49.4 Å². The third-order valence-electron chi connectivity index (χ3n) is 5.53. The minimum Gasteiger partial charge on any atom is -0.476 e. The molecule has 1 aliphatic heterocycles. The number of aromatic nitrogens is 1. The Morgan fingerprint density at radius 2 is 1.94 bits per heavy atom. The van der Waals surface area contributed by atoms with E-state index in [9.17, 15) is 9.59 Å². The van der Waals surface area contributed by atoms with Crippen molar-refractivity contribution in [3.63, 3.8) is 0 Å². The monoisotopic (exact) mass is 453 g/mol. The fourth-order valence-corrected chi connectivity index (χ4v) is 4.34. The standard InChI is InChI=1S/C24H24ClN3O4/c1-4-31-23-14-22(32-26-23)24(30)27-15(2)13-21(19-7-5-6-8-20(19)27)28(16(3)29)18-11-9-17(25)10-12-18/h5-12,14-15,21H,4,13H2,1-3H3/t15-,21+/m0/s1. The van der Waals surface area contributed by atoms with Crippen molar-refractivity contribution in [2.75, 3.05) is 16.4 Å². The van der Waals surface area contributed by atoms with Gasteiger partial charge in [0.1, 0.15) is 0 Å². The smallest absolute Gasteiger partial charge is 0.297 e. The zero-order chi connectivity index (χ0) is 22.8. The average molecular weight is 454 g/mol. The van der Waals surface area contributed by atoms with Gasteiger partial charge in [-0.05, 0) is 61.3 Å². The van der Waals surface area contributed by atoms with Gasteiger partial charge in [0, 0.05) is 29.4 Å². The molecule has 166 valence electrons. The van der Waals surface area contributed by atoms with Crippen LogP contribution < -0.4 is 14.5 Å². The van der Waals surface area contributed by atoms with Crippen molar-refractivity contribution < 1.29 is 18.8 Å². The number of anilines is 2. The molecule has 0 aliphatic carbocycles. The summed E-state index contributed by atoms with van der Waals surface area (Å²) in [6.45, 7) is 5.77. The molecule has 0 N–H and O–H groups in total. The van der Waals surface area contributed by atoms with Gasteiger partial charge in [-0.15, -0.1) is 0 Å². The topological polar surface area (TPSA) is 75.9 Å². The molecule has 0 spiro atoms. The first-order valence-electron chi connectivity index (χ1n) is 10.5. The van der Waals surface area contributed by atoms with Gasteiger partial charge >= 0.3 is 0 Å². The van der Waals surface area contributed by atoms with Crippen LogP contribution in [-0.4, -0.2) is 29.6 Å². The van der Waals surface area contributed by atoms with Crippen LogP contribution in [0, 0.1) is 0 Å². The average Bonchev–Trinajstić information content (AvgIpc) is 3.24. The Balaban J connectivity index is 1.73. The van der Waals surface area contributed by atoms with Crippen LogP contribution in [0.5, 0.6) is 5.88 Å². The minimum absolute atomic E-state index is 0.0873. The molecule has 7 nitrogen and oxygen atoms in total. The maximum atomic E-state index is 13.3. The number of fused-ring (bicyclic) bond motifs is 1. The van der Waals surface area contributed by atoms with Gasteiger partial charge in [0.25, 0.3) is 11.8 Å². The Hall–Kier alpha value is -3.32. The molecule has 3 aromatic rings. The summed E-state index contributed by atoms with van der Waals surface area (Å²) >= 11 is 6.05. The predicted octanol–water partition coefficient (Wildman–Crippen LogP) is 5.26. The van der Waals surface area contributed by atoms with E-state index in [1.807, 2.05) is 50.2 Å². The predicted molar refractivity (Wildman–Crippen MR) is 122 cm³/mol. The lowest BCUT2D eigenvalue weighted by atomic mass is 9.89. The van der Waals surface area contributed by atoms with Crippen molar-refractivity contribution in [2.24, 2.45) is 0 Å². The fraction of sp³-hybridized carbons (Fsp3) is 0.292. The van der Waals surface area contributed by atoms with E-state index in [1.165, 1.54) is 6.07 Å². The second kappa shape index (κ2) is 9.04. The normalized spacial score (nSPS) is 17.6. The van der Waals surface area contributed by atoms with Gasteiger partial charge in [-0.2, -0.15) is 0 Å². The third-order valence-corrected chi connectivity index (χ3v) is 5.78. The molecule has 0 fully saturated rings. The zero-order valence-corrected chi connectivity index (χ0v) is 18.9. The molecule has 32 heavy (non-hydrogen) atoms. The highest BCUT2D eigenvalue weighted by atomic mass is 35.5. The van der Waals surface area contributed by atoms with Gasteiger partial charge in [0.15, 0.2) is 0 Å². The molecular weight excluding hydrogens is 430 g/mol. The number of hydrogen-bond donors (Lipinski definition) is 0. The highest BCUT2D eigenvalue weighted by molar-refractivity contribution is 6.30. The van der Waals surface area contributed by atoms with Crippen LogP contribution in [0.2, 0.25) is 5.02 Å². The van der Waals surface area contributed by atoms with Crippen LogP contribution in [-0.2, 0) is 4.79 Å². The summed E-state index contributed by atoms with van der Waals surface area (Å²) in [7, 11) is 0. The number of rotatable bonds is 5. The van der Waals surface area contributed by atoms with E-state index < -0.39 is 0 Å². The van der Waals surface area contributed by atoms with Crippen LogP contribution in [0.25, 0.3) is 0 Å². The van der Waals surface area contributed by atoms with Gasteiger partial charge in [-0.25, -0.2) is 0 Å². The van der Waals surface area contributed by atoms with E-state index in [1.54, 1.807) is 28.9 Å². The Morgan fingerprint density at radius 3 is 2.62 bits per heavy atom. The number of ether oxygens (including phenoxy) is 1. The van der Waals surface area contributed by atoms with Gasteiger partial charge in [-0.1, -0.05) is 29.8 Å². The summed E-state index contributed by atoms with van der Waals surface area (Å²) in [6, 6.07) is 15.9. The maximum absolute atomic E-state index is 13.3. The molecule has 0 unspecified atom stereocenters. The first-order valence-corrected chi connectivity index (χ1v) is 10.9. The van der Waals surface area contributed by atoms with Gasteiger partial charge < -0.3 is 19.1 Å². The fourth-order valence-electron chi connectivity index (χ4n) is 4.21. The number of benzene rings is 2. The Bertz CT molecular complexity index is 1130. The summed E-state index contributed by atoms with van der Waals surface area (Å²) in [4.78, 5) is 29.5. The number of carbonyl (C=O) groups is 2. The van der Waals surface area contributed by atoms with Crippen LogP contribution in [0.15, 0.2) is 59.1 Å². The highest BCUT2D eigenvalue weighted by Gasteiger charge is 2.39. The second-order valence-electron chi connectivity index (χ2n) is 7.66.